The number of hydrogen-bond acceptors (Lipinski definition) is 4. The van der Waals surface area contributed by atoms with Crippen molar-refractivity contribution in [3.8, 4) is 0 Å². The van der Waals surface area contributed by atoms with Crippen LogP contribution < -0.4 is 10.2 Å². The van der Waals surface area contributed by atoms with Crippen LogP contribution in [0, 0.1) is 10.1 Å². The van der Waals surface area contributed by atoms with Crippen LogP contribution in [-0.4, -0.2) is 18.0 Å². The molecular formula is C15H15N3O2. The van der Waals surface area contributed by atoms with E-state index in [9.17, 15) is 10.1 Å². The van der Waals surface area contributed by atoms with Crippen molar-refractivity contribution >= 4 is 17.1 Å². The van der Waals surface area contributed by atoms with Gasteiger partial charge in [-0.05, 0) is 23.8 Å². The standard InChI is InChI=1S/C15H15N3O2/c19-18(20)14-7-5-13(6-8-14)17-10-9-16-11-12-3-1-2-4-15(12)17/h1-8,16H,9-11H2. The van der Waals surface area contributed by atoms with Crippen LogP contribution in [0.1, 0.15) is 5.56 Å². The van der Waals surface area contributed by atoms with Gasteiger partial charge < -0.3 is 10.2 Å². The summed E-state index contributed by atoms with van der Waals surface area (Å²) < 4.78 is 0. The minimum atomic E-state index is -0.373. The molecule has 0 atom stereocenters. The molecule has 0 unspecified atom stereocenters. The molecule has 0 radical (unpaired) electrons. The smallest absolute Gasteiger partial charge is 0.269 e. The summed E-state index contributed by atoms with van der Waals surface area (Å²) in [6, 6.07) is 14.9. The predicted molar refractivity (Wildman–Crippen MR) is 78.3 cm³/mol. The normalized spacial score (nSPS) is 14.5. The highest BCUT2D eigenvalue weighted by Gasteiger charge is 2.16. The summed E-state index contributed by atoms with van der Waals surface area (Å²) in [4.78, 5) is 12.5. The van der Waals surface area contributed by atoms with Crippen molar-refractivity contribution in [2.75, 3.05) is 18.0 Å². The fourth-order valence-electron chi connectivity index (χ4n) is 2.48. The van der Waals surface area contributed by atoms with Crippen LogP contribution in [0.2, 0.25) is 0 Å². The van der Waals surface area contributed by atoms with Crippen LogP contribution >= 0.6 is 0 Å². The third-order valence-corrected chi connectivity index (χ3v) is 3.48. The van der Waals surface area contributed by atoms with Crippen molar-refractivity contribution in [2.24, 2.45) is 0 Å². The van der Waals surface area contributed by atoms with Crippen LogP contribution in [-0.2, 0) is 6.54 Å². The van der Waals surface area contributed by atoms with Gasteiger partial charge in [-0.2, -0.15) is 0 Å². The molecule has 0 aromatic heterocycles. The Labute approximate surface area is 117 Å². The van der Waals surface area contributed by atoms with E-state index >= 15 is 0 Å². The zero-order valence-electron chi connectivity index (χ0n) is 11.0. The lowest BCUT2D eigenvalue weighted by Crippen LogP contribution is -2.24. The van der Waals surface area contributed by atoms with Gasteiger partial charge in [-0.3, -0.25) is 10.1 Å². The lowest BCUT2D eigenvalue weighted by molar-refractivity contribution is -0.384. The van der Waals surface area contributed by atoms with Crippen molar-refractivity contribution in [3.05, 3.63) is 64.2 Å². The number of rotatable bonds is 2. The average molecular weight is 269 g/mol. The Kier molecular flexibility index (Phi) is 3.35. The number of hydrogen-bond donors (Lipinski definition) is 1. The lowest BCUT2D eigenvalue weighted by Gasteiger charge is -2.24. The number of anilines is 2. The second-order valence-corrected chi connectivity index (χ2v) is 4.73. The molecule has 20 heavy (non-hydrogen) atoms. The molecule has 2 aromatic carbocycles. The highest BCUT2D eigenvalue weighted by Crippen LogP contribution is 2.30. The molecule has 0 spiro atoms. The molecule has 1 N–H and O–H groups in total. The molecule has 0 bridgehead atoms. The Morgan fingerprint density at radius 1 is 1.10 bits per heavy atom. The summed E-state index contributed by atoms with van der Waals surface area (Å²) in [6.07, 6.45) is 0. The van der Waals surface area contributed by atoms with Gasteiger partial charge >= 0.3 is 0 Å². The Hall–Kier alpha value is -2.40. The molecule has 5 heteroatoms. The van der Waals surface area contributed by atoms with E-state index in [1.54, 1.807) is 24.3 Å². The van der Waals surface area contributed by atoms with E-state index in [4.69, 9.17) is 0 Å². The van der Waals surface area contributed by atoms with E-state index in [0.717, 1.165) is 31.0 Å². The van der Waals surface area contributed by atoms with E-state index in [-0.39, 0.29) is 10.6 Å². The Morgan fingerprint density at radius 2 is 1.85 bits per heavy atom. The molecule has 2 aromatic rings. The van der Waals surface area contributed by atoms with Crippen molar-refractivity contribution in [1.82, 2.24) is 5.32 Å². The van der Waals surface area contributed by atoms with E-state index in [1.165, 1.54) is 5.56 Å². The number of nitro benzene ring substituents is 1. The fraction of sp³-hybridized carbons (Fsp3) is 0.200. The maximum atomic E-state index is 10.7. The monoisotopic (exact) mass is 269 g/mol. The lowest BCUT2D eigenvalue weighted by atomic mass is 10.1. The van der Waals surface area contributed by atoms with E-state index in [1.807, 2.05) is 12.1 Å². The second-order valence-electron chi connectivity index (χ2n) is 4.73. The van der Waals surface area contributed by atoms with Crippen molar-refractivity contribution < 1.29 is 4.92 Å². The molecule has 0 saturated carbocycles. The van der Waals surface area contributed by atoms with Gasteiger partial charge in [0.15, 0.2) is 0 Å². The van der Waals surface area contributed by atoms with Crippen LogP contribution in [0.15, 0.2) is 48.5 Å². The SMILES string of the molecule is O=[N+]([O-])c1ccc(N2CCNCc3ccccc32)cc1. The minimum Gasteiger partial charge on any atom is -0.340 e. The summed E-state index contributed by atoms with van der Waals surface area (Å²) in [5.41, 5.74) is 3.50. The molecule has 0 amide bonds. The molecule has 1 aliphatic heterocycles. The third-order valence-electron chi connectivity index (χ3n) is 3.48. The number of nitrogens with zero attached hydrogens (tertiary/aromatic N) is 2. The Bertz CT molecular complexity index is 625. The number of benzene rings is 2. The fourth-order valence-corrected chi connectivity index (χ4v) is 2.48. The van der Waals surface area contributed by atoms with Gasteiger partial charge in [0, 0.05) is 43.1 Å². The van der Waals surface area contributed by atoms with Gasteiger partial charge in [-0.15, -0.1) is 0 Å². The first kappa shape index (κ1) is 12.6. The van der Waals surface area contributed by atoms with Crippen molar-refractivity contribution in [1.29, 1.82) is 0 Å². The number of fused-ring (bicyclic) bond motifs is 1. The second kappa shape index (κ2) is 5.30. The maximum absolute atomic E-state index is 10.7. The minimum absolute atomic E-state index is 0.120. The summed E-state index contributed by atoms with van der Waals surface area (Å²) in [7, 11) is 0. The molecule has 1 aliphatic rings. The first-order valence-corrected chi connectivity index (χ1v) is 6.56. The largest absolute Gasteiger partial charge is 0.340 e. The first-order chi connectivity index (χ1) is 9.75. The van der Waals surface area contributed by atoms with Gasteiger partial charge in [0.25, 0.3) is 5.69 Å². The van der Waals surface area contributed by atoms with Crippen molar-refractivity contribution in [3.63, 3.8) is 0 Å². The zero-order valence-corrected chi connectivity index (χ0v) is 11.0. The zero-order chi connectivity index (χ0) is 13.9. The van der Waals surface area contributed by atoms with Crippen LogP contribution in [0.4, 0.5) is 17.1 Å². The van der Waals surface area contributed by atoms with Crippen LogP contribution in [0.3, 0.4) is 0 Å². The third kappa shape index (κ3) is 2.35. The van der Waals surface area contributed by atoms with Gasteiger partial charge in [0.05, 0.1) is 4.92 Å². The number of para-hydroxylation sites is 1. The molecule has 0 aliphatic carbocycles. The average Bonchev–Trinajstić information content (AvgIpc) is 2.69. The van der Waals surface area contributed by atoms with Gasteiger partial charge in [-0.1, -0.05) is 18.2 Å². The number of nitro groups is 1. The summed E-state index contributed by atoms with van der Waals surface area (Å²) in [5, 5.41) is 14.1. The topological polar surface area (TPSA) is 58.4 Å². The van der Waals surface area contributed by atoms with Gasteiger partial charge in [0.2, 0.25) is 0 Å². The molecular weight excluding hydrogens is 254 g/mol. The highest BCUT2D eigenvalue weighted by molar-refractivity contribution is 5.67. The van der Waals surface area contributed by atoms with E-state index < -0.39 is 0 Å². The molecule has 0 saturated heterocycles. The molecule has 1 heterocycles. The number of non-ortho nitro benzene ring substituents is 1. The summed E-state index contributed by atoms with van der Waals surface area (Å²) in [6.45, 7) is 2.57. The molecule has 0 fully saturated rings. The summed E-state index contributed by atoms with van der Waals surface area (Å²) in [5.74, 6) is 0. The quantitative estimate of drug-likeness (QED) is 0.672. The van der Waals surface area contributed by atoms with E-state index in [2.05, 4.69) is 22.3 Å². The first-order valence-electron chi connectivity index (χ1n) is 6.56. The Morgan fingerprint density at radius 3 is 2.60 bits per heavy atom. The molecule has 102 valence electrons. The molecule has 3 rings (SSSR count). The van der Waals surface area contributed by atoms with Crippen LogP contribution in [0.25, 0.3) is 0 Å². The summed E-state index contributed by atoms with van der Waals surface area (Å²) >= 11 is 0. The van der Waals surface area contributed by atoms with Gasteiger partial charge in [0.1, 0.15) is 0 Å². The van der Waals surface area contributed by atoms with Crippen molar-refractivity contribution in [2.45, 2.75) is 6.54 Å². The van der Waals surface area contributed by atoms with E-state index in [0.29, 0.717) is 0 Å². The predicted octanol–water partition coefficient (Wildman–Crippen LogP) is 2.84. The number of nitrogens with one attached hydrogen (secondary N) is 1. The maximum Gasteiger partial charge on any atom is 0.269 e. The highest BCUT2D eigenvalue weighted by atomic mass is 16.6. The molecule has 5 nitrogen and oxygen atoms in total. The Balaban J connectivity index is 1.98. The van der Waals surface area contributed by atoms with Gasteiger partial charge in [-0.25, -0.2) is 0 Å². The van der Waals surface area contributed by atoms with Crippen LogP contribution in [0.5, 0.6) is 0 Å².